The van der Waals surface area contributed by atoms with E-state index < -0.39 is 17.4 Å². The number of nitrogens with zero attached hydrogens (tertiary/aromatic N) is 2. The molecule has 3 rings (SSSR count). The smallest absolute Gasteiger partial charge is 0.352 e. The molecule has 0 fully saturated rings. The minimum atomic E-state index is -1.13. The van der Waals surface area contributed by atoms with Crippen molar-refractivity contribution in [1.29, 1.82) is 0 Å². The lowest BCUT2D eigenvalue weighted by Crippen LogP contribution is -2.09. The monoisotopic (exact) mass is 324 g/mol. The van der Waals surface area contributed by atoms with Crippen LogP contribution in [0.3, 0.4) is 0 Å². The Morgan fingerprint density at radius 1 is 1.21 bits per heavy atom. The number of hydrogen-bond acceptors (Lipinski definition) is 4. The summed E-state index contributed by atoms with van der Waals surface area (Å²) in [6, 6.07) is 13.1. The van der Waals surface area contributed by atoms with E-state index in [0.717, 1.165) is 5.39 Å². The second kappa shape index (κ2) is 5.96. The van der Waals surface area contributed by atoms with Gasteiger partial charge in [0.15, 0.2) is 6.29 Å². The van der Waals surface area contributed by atoms with E-state index in [1.54, 1.807) is 24.3 Å². The molecule has 0 amide bonds. The van der Waals surface area contributed by atoms with Crippen LogP contribution < -0.4 is 0 Å². The number of aldehydes is 1. The molecule has 0 saturated carbocycles. The van der Waals surface area contributed by atoms with E-state index in [9.17, 15) is 24.8 Å². The number of carbonyl (C=O) groups excluding carboxylic acids is 1. The van der Waals surface area contributed by atoms with Gasteiger partial charge in [-0.15, -0.1) is 0 Å². The maximum Gasteiger partial charge on any atom is 0.352 e. The van der Waals surface area contributed by atoms with Crippen LogP contribution in [0.1, 0.15) is 26.4 Å². The molecule has 0 saturated heterocycles. The topological polar surface area (TPSA) is 102 Å². The molecule has 0 spiro atoms. The van der Waals surface area contributed by atoms with Crippen LogP contribution in [0.2, 0.25) is 0 Å². The molecule has 1 N–H and O–H groups in total. The summed E-state index contributed by atoms with van der Waals surface area (Å²) in [6.07, 6.45) is 0.569. The van der Waals surface area contributed by atoms with Crippen molar-refractivity contribution in [3.63, 3.8) is 0 Å². The average Bonchev–Trinajstić information content (AvgIpc) is 2.94. The minimum Gasteiger partial charge on any atom is -0.477 e. The highest BCUT2D eigenvalue weighted by Crippen LogP contribution is 2.27. The number of hydrogen-bond donors (Lipinski definition) is 1. The third-order valence-corrected chi connectivity index (χ3v) is 3.70. The third kappa shape index (κ3) is 2.63. The molecule has 1 aromatic heterocycles. The number of nitro groups is 1. The molecule has 1 heterocycles. The number of para-hydroxylation sites is 1. The van der Waals surface area contributed by atoms with Crippen LogP contribution in [0, 0.1) is 10.1 Å². The zero-order valence-corrected chi connectivity index (χ0v) is 12.4. The van der Waals surface area contributed by atoms with Gasteiger partial charge in [-0.25, -0.2) is 4.79 Å². The van der Waals surface area contributed by atoms with Crippen LogP contribution in [0.5, 0.6) is 0 Å². The highest BCUT2D eigenvalue weighted by atomic mass is 16.6. The van der Waals surface area contributed by atoms with Crippen LogP contribution in [-0.4, -0.2) is 26.9 Å². The summed E-state index contributed by atoms with van der Waals surface area (Å²) in [5.41, 5.74) is 1.59. The molecule has 7 heteroatoms. The predicted molar refractivity (Wildman–Crippen MR) is 86.3 cm³/mol. The molecule has 120 valence electrons. The van der Waals surface area contributed by atoms with Crippen LogP contribution in [0.15, 0.2) is 48.5 Å². The molecule has 0 unspecified atom stereocenters. The van der Waals surface area contributed by atoms with Gasteiger partial charge in [0.05, 0.1) is 11.2 Å². The lowest BCUT2D eigenvalue weighted by Gasteiger charge is -2.12. The number of benzene rings is 2. The van der Waals surface area contributed by atoms with Crippen molar-refractivity contribution >= 4 is 23.2 Å². The third-order valence-electron chi connectivity index (χ3n) is 3.70. The highest BCUT2D eigenvalue weighted by Gasteiger charge is 2.18. The number of carboxylic acid groups (broad SMARTS) is 1. The fourth-order valence-corrected chi connectivity index (χ4v) is 2.72. The summed E-state index contributed by atoms with van der Waals surface area (Å²) >= 11 is 0. The Morgan fingerprint density at radius 3 is 2.62 bits per heavy atom. The van der Waals surface area contributed by atoms with Crippen LogP contribution >= 0.6 is 0 Å². The Bertz CT molecular complexity index is 974. The van der Waals surface area contributed by atoms with Gasteiger partial charge in [0.1, 0.15) is 5.69 Å². The first kappa shape index (κ1) is 15.4. The standard InChI is InChI=1S/C17H12N2O5/c20-10-13-7-11(9-18(23)24)5-6-15(13)19-14-4-2-1-3-12(14)8-16(19)17(21)22/h1-8,10H,9H2,(H,21,22). The minimum absolute atomic E-state index is 0.0151. The Morgan fingerprint density at radius 2 is 1.96 bits per heavy atom. The van der Waals surface area contributed by atoms with Crippen molar-refractivity contribution in [2.24, 2.45) is 0 Å². The number of rotatable bonds is 5. The van der Waals surface area contributed by atoms with Crippen LogP contribution in [-0.2, 0) is 6.54 Å². The van der Waals surface area contributed by atoms with Crippen LogP contribution in [0.4, 0.5) is 0 Å². The summed E-state index contributed by atoms with van der Waals surface area (Å²) in [4.78, 5) is 33.2. The SMILES string of the molecule is O=Cc1cc(C[N+](=O)[O-])ccc1-n1c(C(=O)O)cc2ccccc21. The van der Waals surface area contributed by atoms with E-state index in [1.807, 2.05) is 0 Å². The van der Waals surface area contributed by atoms with Crippen molar-refractivity contribution < 1.29 is 19.6 Å². The van der Waals surface area contributed by atoms with Gasteiger partial charge in [0, 0.05) is 21.4 Å². The summed E-state index contributed by atoms with van der Waals surface area (Å²) in [7, 11) is 0. The number of aromatic carboxylic acids is 1. The van der Waals surface area contributed by atoms with Gasteiger partial charge in [-0.1, -0.05) is 24.3 Å². The Hall–Kier alpha value is -3.48. The number of fused-ring (bicyclic) bond motifs is 1. The summed E-state index contributed by atoms with van der Waals surface area (Å²) in [5.74, 6) is -1.13. The molecule has 0 aliphatic heterocycles. The first-order valence-corrected chi connectivity index (χ1v) is 7.05. The van der Waals surface area contributed by atoms with Crippen molar-refractivity contribution in [2.75, 3.05) is 0 Å². The zero-order chi connectivity index (χ0) is 17.3. The lowest BCUT2D eigenvalue weighted by atomic mass is 10.1. The molecular weight excluding hydrogens is 312 g/mol. The number of carbonyl (C=O) groups is 2. The van der Waals surface area contributed by atoms with Crippen molar-refractivity contribution in [1.82, 2.24) is 4.57 Å². The largest absolute Gasteiger partial charge is 0.477 e. The maximum absolute atomic E-state index is 11.6. The van der Waals surface area contributed by atoms with E-state index >= 15 is 0 Å². The zero-order valence-electron chi connectivity index (χ0n) is 12.4. The summed E-state index contributed by atoms with van der Waals surface area (Å²) in [5, 5.41) is 20.8. The Kier molecular flexibility index (Phi) is 3.83. The van der Waals surface area contributed by atoms with Gasteiger partial charge < -0.3 is 9.67 Å². The predicted octanol–water partition coefficient (Wildman–Crippen LogP) is 2.92. The summed E-state index contributed by atoms with van der Waals surface area (Å²) in [6.45, 7) is -0.403. The average molecular weight is 324 g/mol. The molecule has 7 nitrogen and oxygen atoms in total. The van der Waals surface area contributed by atoms with Crippen molar-refractivity contribution in [3.05, 3.63) is 75.5 Å². The van der Waals surface area contributed by atoms with Gasteiger partial charge >= 0.3 is 5.97 Å². The van der Waals surface area contributed by atoms with Gasteiger partial charge in [-0.05, 0) is 24.3 Å². The van der Waals surface area contributed by atoms with Gasteiger partial charge in [0.2, 0.25) is 6.54 Å². The molecule has 0 radical (unpaired) electrons. The van der Waals surface area contributed by atoms with E-state index in [4.69, 9.17) is 0 Å². The fourth-order valence-electron chi connectivity index (χ4n) is 2.72. The molecule has 2 aromatic carbocycles. The molecule has 24 heavy (non-hydrogen) atoms. The van der Waals surface area contributed by atoms with Crippen molar-refractivity contribution in [2.45, 2.75) is 6.54 Å². The van der Waals surface area contributed by atoms with E-state index in [2.05, 4.69) is 0 Å². The van der Waals surface area contributed by atoms with E-state index in [1.165, 1.54) is 28.8 Å². The van der Waals surface area contributed by atoms with Gasteiger partial charge in [-0.3, -0.25) is 14.9 Å². The summed E-state index contributed by atoms with van der Waals surface area (Å²) < 4.78 is 1.47. The van der Waals surface area contributed by atoms with E-state index in [0.29, 0.717) is 23.1 Å². The highest BCUT2D eigenvalue weighted by molar-refractivity contribution is 5.97. The quantitative estimate of drug-likeness (QED) is 0.441. The second-order valence-corrected chi connectivity index (χ2v) is 5.23. The second-order valence-electron chi connectivity index (χ2n) is 5.23. The number of aromatic nitrogens is 1. The van der Waals surface area contributed by atoms with Gasteiger partial charge in [0.25, 0.3) is 0 Å². The normalized spacial score (nSPS) is 10.7. The first-order valence-electron chi connectivity index (χ1n) is 7.05. The first-order chi connectivity index (χ1) is 11.5. The van der Waals surface area contributed by atoms with Crippen molar-refractivity contribution in [3.8, 4) is 5.69 Å². The lowest BCUT2D eigenvalue weighted by molar-refractivity contribution is -0.496. The molecule has 0 bridgehead atoms. The molecule has 3 aromatic rings. The Labute approximate surface area is 135 Å². The molecule has 0 aliphatic carbocycles. The van der Waals surface area contributed by atoms with Gasteiger partial charge in [-0.2, -0.15) is 0 Å². The van der Waals surface area contributed by atoms with Crippen LogP contribution in [0.25, 0.3) is 16.6 Å². The Balaban J connectivity index is 2.27. The fraction of sp³-hybridized carbons (Fsp3) is 0.0588. The van der Waals surface area contributed by atoms with E-state index in [-0.39, 0.29) is 11.3 Å². The molecular formula is C17H12N2O5. The number of carboxylic acids is 1. The molecule has 0 atom stereocenters. The maximum atomic E-state index is 11.6. The molecule has 0 aliphatic rings.